The van der Waals surface area contributed by atoms with E-state index >= 15 is 0 Å². The maximum Gasteiger partial charge on any atom is 0.133 e. The fourth-order valence-corrected chi connectivity index (χ4v) is 3.47. The molecule has 0 aliphatic rings. The molecule has 8 heteroatoms. The number of imidazole rings is 1. The Labute approximate surface area is 167 Å². The number of hydrogen-bond donors (Lipinski definition) is 1. The highest BCUT2D eigenvalue weighted by atomic mass is 35.5. The van der Waals surface area contributed by atoms with Crippen LogP contribution in [0.25, 0.3) is 10.9 Å². The summed E-state index contributed by atoms with van der Waals surface area (Å²) in [5, 5.41) is 8.38. The van der Waals surface area contributed by atoms with Gasteiger partial charge in [-0.2, -0.15) is 5.10 Å². The lowest BCUT2D eigenvalue weighted by molar-refractivity contribution is 0.245. The normalized spacial score (nSPS) is 11.5. The van der Waals surface area contributed by atoms with E-state index in [1.54, 1.807) is 31.0 Å². The van der Waals surface area contributed by atoms with E-state index in [4.69, 9.17) is 11.6 Å². The van der Waals surface area contributed by atoms with Crippen LogP contribution in [0, 0.1) is 5.82 Å². The van der Waals surface area contributed by atoms with Crippen molar-refractivity contribution in [1.82, 2.24) is 29.6 Å². The summed E-state index contributed by atoms with van der Waals surface area (Å²) in [5.41, 5.74) is 2.43. The molecule has 0 aliphatic heterocycles. The molecule has 0 saturated carbocycles. The van der Waals surface area contributed by atoms with E-state index in [1.165, 1.54) is 6.07 Å². The fourth-order valence-electron chi connectivity index (χ4n) is 3.29. The first-order chi connectivity index (χ1) is 13.7. The Morgan fingerprint density at radius 1 is 1.11 bits per heavy atom. The minimum Gasteiger partial charge on any atom is -0.337 e. The molecule has 0 amide bonds. The number of fused-ring (bicyclic) bond motifs is 1. The third-order valence-corrected chi connectivity index (χ3v) is 4.98. The second-order valence-electron chi connectivity index (χ2n) is 6.69. The van der Waals surface area contributed by atoms with Gasteiger partial charge >= 0.3 is 0 Å². The summed E-state index contributed by atoms with van der Waals surface area (Å²) in [4.78, 5) is 10.6. The summed E-state index contributed by atoms with van der Waals surface area (Å²) in [7, 11) is 0. The average Bonchev–Trinajstić information content (AvgIpc) is 3.34. The number of aryl methyl sites for hydroxylation is 1. The van der Waals surface area contributed by atoms with Crippen LogP contribution in [0.5, 0.6) is 0 Å². The summed E-state index contributed by atoms with van der Waals surface area (Å²) < 4.78 is 16.2. The number of nitrogens with zero attached hydrogens (tertiary/aromatic N) is 5. The van der Waals surface area contributed by atoms with Gasteiger partial charge in [0.05, 0.1) is 11.7 Å². The molecular formula is C20H20ClFN6. The summed E-state index contributed by atoms with van der Waals surface area (Å²) in [6.07, 6.45) is 9.92. The fraction of sp³-hybridized carbons (Fsp3) is 0.250. The predicted octanol–water partition coefficient (Wildman–Crippen LogP) is 4.04. The van der Waals surface area contributed by atoms with Gasteiger partial charge in [0, 0.05) is 62.1 Å². The zero-order chi connectivity index (χ0) is 19.3. The van der Waals surface area contributed by atoms with Gasteiger partial charge in [-0.3, -0.25) is 15.0 Å². The molecule has 0 saturated heterocycles. The minimum absolute atomic E-state index is 0.193. The first-order valence-corrected chi connectivity index (χ1v) is 9.46. The van der Waals surface area contributed by atoms with Crippen molar-refractivity contribution in [3.63, 3.8) is 0 Å². The molecule has 3 heterocycles. The van der Waals surface area contributed by atoms with E-state index < -0.39 is 0 Å². The number of nitrogens with one attached hydrogen (secondary N) is 1. The largest absolute Gasteiger partial charge is 0.337 e. The van der Waals surface area contributed by atoms with Crippen LogP contribution in [-0.4, -0.2) is 36.2 Å². The summed E-state index contributed by atoms with van der Waals surface area (Å²) in [6, 6.07) is 6.88. The van der Waals surface area contributed by atoms with Crippen LogP contribution in [0.1, 0.15) is 17.5 Å². The molecule has 0 radical (unpaired) electrons. The van der Waals surface area contributed by atoms with Gasteiger partial charge < -0.3 is 4.57 Å². The van der Waals surface area contributed by atoms with Crippen molar-refractivity contribution < 1.29 is 4.39 Å². The van der Waals surface area contributed by atoms with Crippen LogP contribution in [0.15, 0.2) is 55.4 Å². The second-order valence-corrected chi connectivity index (χ2v) is 7.07. The Hall–Kier alpha value is -2.77. The molecule has 0 atom stereocenters. The van der Waals surface area contributed by atoms with Crippen molar-refractivity contribution in [2.45, 2.75) is 26.1 Å². The third-order valence-electron chi connectivity index (χ3n) is 4.69. The molecule has 0 unspecified atom stereocenters. The van der Waals surface area contributed by atoms with Crippen LogP contribution in [0.3, 0.4) is 0 Å². The SMILES string of the molecule is Fc1ccccc1CN(CCCn1ccnc1)Cc1cncc2c(Cl)[nH]nc12. The van der Waals surface area contributed by atoms with E-state index in [-0.39, 0.29) is 5.82 Å². The number of rotatable bonds is 8. The summed E-state index contributed by atoms with van der Waals surface area (Å²) >= 11 is 6.14. The van der Waals surface area contributed by atoms with E-state index in [9.17, 15) is 4.39 Å². The standard InChI is InChI=1S/C20H20ClFN6/c21-20-17-11-24-10-16(19(17)25-26-20)13-28(8-3-7-27-9-6-23-14-27)12-15-4-1-2-5-18(15)22/h1-2,4-6,9-11,14H,3,7-8,12-13H2,(H,25,26). The number of halogens is 2. The van der Waals surface area contributed by atoms with Crippen LogP contribution in [0.4, 0.5) is 4.39 Å². The summed E-state index contributed by atoms with van der Waals surface area (Å²) in [6.45, 7) is 2.75. The Morgan fingerprint density at radius 2 is 1.96 bits per heavy atom. The lowest BCUT2D eigenvalue weighted by Gasteiger charge is -2.23. The number of aromatic amines is 1. The number of aromatic nitrogens is 5. The molecule has 0 aliphatic carbocycles. The van der Waals surface area contributed by atoms with Gasteiger partial charge in [-0.1, -0.05) is 29.8 Å². The number of hydrogen-bond acceptors (Lipinski definition) is 4. The molecule has 0 fully saturated rings. The van der Waals surface area contributed by atoms with Crippen LogP contribution in [-0.2, 0) is 19.6 Å². The van der Waals surface area contributed by atoms with E-state index in [0.29, 0.717) is 23.8 Å². The van der Waals surface area contributed by atoms with Crippen molar-refractivity contribution in [2.75, 3.05) is 6.54 Å². The lowest BCUT2D eigenvalue weighted by Crippen LogP contribution is -2.25. The van der Waals surface area contributed by atoms with Gasteiger partial charge in [0.15, 0.2) is 0 Å². The number of pyridine rings is 1. The van der Waals surface area contributed by atoms with Gasteiger partial charge in [-0.15, -0.1) is 0 Å². The Balaban J connectivity index is 1.53. The highest BCUT2D eigenvalue weighted by molar-refractivity contribution is 6.34. The maximum atomic E-state index is 14.2. The minimum atomic E-state index is -0.193. The smallest absolute Gasteiger partial charge is 0.133 e. The second kappa shape index (κ2) is 8.50. The Bertz CT molecular complexity index is 1050. The Kier molecular flexibility index (Phi) is 5.64. The third kappa shape index (κ3) is 4.21. The van der Waals surface area contributed by atoms with Crippen LogP contribution < -0.4 is 0 Å². The molecule has 144 valence electrons. The molecule has 0 bridgehead atoms. The highest BCUT2D eigenvalue weighted by Gasteiger charge is 2.14. The van der Waals surface area contributed by atoms with Gasteiger partial charge in [0.2, 0.25) is 0 Å². The van der Waals surface area contributed by atoms with Gasteiger partial charge in [-0.25, -0.2) is 9.37 Å². The summed E-state index contributed by atoms with van der Waals surface area (Å²) in [5.74, 6) is -0.193. The molecule has 4 aromatic rings. The molecule has 1 N–H and O–H groups in total. The quantitative estimate of drug-likeness (QED) is 0.486. The molecule has 28 heavy (non-hydrogen) atoms. The zero-order valence-corrected chi connectivity index (χ0v) is 16.0. The molecule has 3 aromatic heterocycles. The number of benzene rings is 1. The zero-order valence-electron chi connectivity index (χ0n) is 15.2. The Morgan fingerprint density at radius 3 is 2.79 bits per heavy atom. The number of H-pyrrole nitrogens is 1. The van der Waals surface area contributed by atoms with Crippen LogP contribution >= 0.6 is 11.6 Å². The predicted molar refractivity (Wildman–Crippen MR) is 106 cm³/mol. The van der Waals surface area contributed by atoms with Crippen molar-refractivity contribution in [2.24, 2.45) is 0 Å². The molecule has 1 aromatic carbocycles. The molecular weight excluding hydrogens is 379 g/mol. The van der Waals surface area contributed by atoms with Crippen molar-refractivity contribution >= 4 is 22.5 Å². The van der Waals surface area contributed by atoms with Crippen molar-refractivity contribution in [3.05, 3.63) is 77.5 Å². The van der Waals surface area contributed by atoms with E-state index in [2.05, 4.69) is 25.1 Å². The van der Waals surface area contributed by atoms with Crippen molar-refractivity contribution in [3.8, 4) is 0 Å². The van der Waals surface area contributed by atoms with E-state index in [1.807, 2.05) is 22.9 Å². The molecule has 0 spiro atoms. The first kappa shape index (κ1) is 18.6. The maximum absolute atomic E-state index is 14.2. The monoisotopic (exact) mass is 398 g/mol. The highest BCUT2D eigenvalue weighted by Crippen LogP contribution is 2.23. The van der Waals surface area contributed by atoms with Gasteiger partial charge in [0.25, 0.3) is 0 Å². The van der Waals surface area contributed by atoms with Crippen LogP contribution in [0.2, 0.25) is 5.15 Å². The average molecular weight is 399 g/mol. The van der Waals surface area contributed by atoms with Gasteiger partial charge in [0.1, 0.15) is 16.5 Å². The lowest BCUT2D eigenvalue weighted by atomic mass is 10.1. The molecule has 4 rings (SSSR count). The molecule has 6 nitrogen and oxygen atoms in total. The topological polar surface area (TPSA) is 62.6 Å². The van der Waals surface area contributed by atoms with E-state index in [0.717, 1.165) is 36.0 Å². The van der Waals surface area contributed by atoms with Gasteiger partial charge in [-0.05, 0) is 12.5 Å². The van der Waals surface area contributed by atoms with Crippen molar-refractivity contribution in [1.29, 1.82) is 0 Å². The first-order valence-electron chi connectivity index (χ1n) is 9.08.